The first kappa shape index (κ1) is 37.6. The van der Waals surface area contributed by atoms with Crippen molar-refractivity contribution in [1.29, 1.82) is 0 Å². The summed E-state index contributed by atoms with van der Waals surface area (Å²) in [5.74, 6) is -0.970. The molecule has 2 aliphatic heterocycles. The van der Waals surface area contributed by atoms with Crippen molar-refractivity contribution in [1.82, 2.24) is 20.1 Å². The number of fused-ring (bicyclic) bond motifs is 1. The second kappa shape index (κ2) is 16.2. The van der Waals surface area contributed by atoms with Gasteiger partial charge in [-0.15, -0.1) is 11.8 Å². The minimum absolute atomic E-state index is 0.0184. The molecule has 2 aliphatic rings. The van der Waals surface area contributed by atoms with Crippen LogP contribution in [-0.2, 0) is 12.7 Å². The van der Waals surface area contributed by atoms with E-state index in [0.29, 0.717) is 35.6 Å². The first-order chi connectivity index (χ1) is 23.9. The number of nitrogens with zero attached hydrogens (tertiary/aromatic N) is 3. The van der Waals surface area contributed by atoms with Crippen molar-refractivity contribution < 1.29 is 31.1 Å². The molecule has 2 saturated heterocycles. The molecule has 5 nitrogen and oxygen atoms in total. The predicted octanol–water partition coefficient (Wildman–Crippen LogP) is 9.76. The number of halogens is 6. The maximum absolute atomic E-state index is 14.5. The number of benzene rings is 3. The molecule has 3 aromatic carbocycles. The van der Waals surface area contributed by atoms with Gasteiger partial charge in [0.2, 0.25) is 0 Å². The minimum Gasteiger partial charge on any atom is -0.337 e. The first-order valence-electron chi connectivity index (χ1n) is 17.0. The largest absolute Gasteiger partial charge is 0.416 e. The number of thioether (sulfide) groups is 1. The summed E-state index contributed by atoms with van der Waals surface area (Å²) < 4.78 is 85.1. The summed E-state index contributed by atoms with van der Waals surface area (Å²) in [4.78, 5) is 24.5. The van der Waals surface area contributed by atoms with Crippen molar-refractivity contribution in [2.45, 2.75) is 75.4 Å². The van der Waals surface area contributed by atoms with Gasteiger partial charge in [-0.2, -0.15) is 26.3 Å². The Morgan fingerprint density at radius 1 is 0.900 bits per heavy atom. The van der Waals surface area contributed by atoms with E-state index in [9.17, 15) is 31.1 Å². The smallest absolute Gasteiger partial charge is 0.337 e. The van der Waals surface area contributed by atoms with Gasteiger partial charge in [-0.3, -0.25) is 9.69 Å². The standard InChI is InChI=1S/C36H36F6N4OS.C2H6/c1-48-27-12-13-30-28(21-27)31(34(47)44-33(36(40,41)42)23-8-3-2-4-9-23)29(22-45-18-14-26(15-19-45)46-16-5-6-17-46)32(43-30)24-10-7-11-25(20-24)35(37,38)39;1-2/h2-4,7-13,20-21,26,33H,5-6,14-19,22H2,1H3,(H,44,47);1-2H3/t33-;/m1./s1. The summed E-state index contributed by atoms with van der Waals surface area (Å²) in [6, 6.07) is 15.1. The lowest BCUT2D eigenvalue weighted by Crippen LogP contribution is -2.44. The van der Waals surface area contributed by atoms with E-state index in [1.807, 2.05) is 20.1 Å². The van der Waals surface area contributed by atoms with Crippen LogP contribution in [0.1, 0.15) is 72.6 Å². The summed E-state index contributed by atoms with van der Waals surface area (Å²) in [7, 11) is 0. The van der Waals surface area contributed by atoms with Crippen LogP contribution in [0.3, 0.4) is 0 Å². The fraction of sp³-hybridized carbons (Fsp3) is 0.421. The molecule has 50 heavy (non-hydrogen) atoms. The zero-order valence-corrected chi connectivity index (χ0v) is 29.2. The van der Waals surface area contributed by atoms with Crippen LogP contribution in [-0.4, -0.2) is 65.3 Å². The van der Waals surface area contributed by atoms with E-state index in [1.165, 1.54) is 61.0 Å². The van der Waals surface area contributed by atoms with Gasteiger partial charge in [-0.05, 0) is 94.0 Å². The van der Waals surface area contributed by atoms with E-state index in [-0.39, 0.29) is 28.9 Å². The van der Waals surface area contributed by atoms with Gasteiger partial charge in [0.15, 0.2) is 6.04 Å². The van der Waals surface area contributed by atoms with Crippen LogP contribution < -0.4 is 5.32 Å². The average Bonchev–Trinajstić information content (AvgIpc) is 3.66. The SMILES string of the molecule is CC.CSc1ccc2nc(-c3cccc(C(F)(F)F)c3)c(CN3CCC(N4CCCC4)CC3)c(C(=O)N[C@H](c3ccccc3)C(F)(F)F)c2c1. The molecule has 268 valence electrons. The monoisotopic (exact) mass is 716 g/mol. The minimum atomic E-state index is -4.81. The number of piperidine rings is 1. The zero-order valence-electron chi connectivity index (χ0n) is 28.4. The second-order valence-corrected chi connectivity index (χ2v) is 13.3. The lowest BCUT2D eigenvalue weighted by molar-refractivity contribution is -0.155. The molecule has 4 aromatic rings. The number of likely N-dealkylation sites (tertiary alicyclic amines) is 2. The van der Waals surface area contributed by atoms with Crippen LogP contribution in [0.25, 0.3) is 22.2 Å². The van der Waals surface area contributed by atoms with Crippen molar-refractivity contribution in [2.24, 2.45) is 0 Å². The van der Waals surface area contributed by atoms with Gasteiger partial charge in [0.05, 0.1) is 22.3 Å². The molecular weight excluding hydrogens is 675 g/mol. The Bertz CT molecular complexity index is 1750. The van der Waals surface area contributed by atoms with Gasteiger partial charge < -0.3 is 10.2 Å². The Balaban J connectivity index is 0.00000239. The molecule has 1 atom stereocenters. The number of nitrogens with one attached hydrogen (secondary N) is 1. The molecular formula is C38H42F6N4OS. The van der Waals surface area contributed by atoms with Gasteiger partial charge >= 0.3 is 12.4 Å². The highest BCUT2D eigenvalue weighted by atomic mass is 32.2. The maximum Gasteiger partial charge on any atom is 0.416 e. The molecule has 0 spiro atoms. The number of alkyl halides is 6. The van der Waals surface area contributed by atoms with Crippen molar-refractivity contribution in [2.75, 3.05) is 32.4 Å². The lowest BCUT2D eigenvalue weighted by atomic mass is 9.93. The zero-order chi connectivity index (χ0) is 36.1. The highest BCUT2D eigenvalue weighted by Crippen LogP contribution is 2.38. The summed E-state index contributed by atoms with van der Waals surface area (Å²) in [6.07, 6.45) is -3.51. The second-order valence-electron chi connectivity index (χ2n) is 12.4. The summed E-state index contributed by atoms with van der Waals surface area (Å²) in [5, 5.41) is 2.59. The normalized spacial score (nSPS) is 17.0. The quantitative estimate of drug-likeness (QED) is 0.145. The Labute approximate surface area is 293 Å². The molecule has 3 heterocycles. The van der Waals surface area contributed by atoms with Crippen molar-refractivity contribution in [3.63, 3.8) is 0 Å². The predicted molar refractivity (Wildman–Crippen MR) is 187 cm³/mol. The number of carbonyl (C=O) groups excluding carboxylic acids is 1. The third-order valence-electron chi connectivity index (χ3n) is 9.31. The number of hydrogen-bond donors (Lipinski definition) is 1. The number of amides is 1. The Hall–Kier alpha value is -3.61. The van der Waals surface area contributed by atoms with E-state index in [1.54, 1.807) is 24.3 Å². The first-order valence-corrected chi connectivity index (χ1v) is 18.2. The molecule has 0 saturated carbocycles. The van der Waals surface area contributed by atoms with E-state index >= 15 is 0 Å². The lowest BCUT2D eigenvalue weighted by Gasteiger charge is -2.37. The molecule has 0 radical (unpaired) electrons. The van der Waals surface area contributed by atoms with Gasteiger partial charge in [-0.25, -0.2) is 4.98 Å². The van der Waals surface area contributed by atoms with Gasteiger partial charge in [0, 0.05) is 34.0 Å². The van der Waals surface area contributed by atoms with Crippen LogP contribution in [0.15, 0.2) is 77.7 Å². The molecule has 6 rings (SSSR count). The van der Waals surface area contributed by atoms with E-state index in [0.717, 1.165) is 43.0 Å². The topological polar surface area (TPSA) is 48.5 Å². The fourth-order valence-corrected chi connectivity index (χ4v) is 7.32. The van der Waals surface area contributed by atoms with Crippen molar-refractivity contribution in [3.8, 4) is 11.3 Å². The molecule has 0 unspecified atom stereocenters. The summed E-state index contributed by atoms with van der Waals surface area (Å²) in [5.41, 5.74) is -0.173. The van der Waals surface area contributed by atoms with Gasteiger partial charge in [0.1, 0.15) is 0 Å². The Morgan fingerprint density at radius 2 is 1.58 bits per heavy atom. The van der Waals surface area contributed by atoms with Crippen molar-refractivity contribution >= 4 is 28.6 Å². The van der Waals surface area contributed by atoms with E-state index in [2.05, 4.69) is 15.1 Å². The van der Waals surface area contributed by atoms with Crippen LogP contribution >= 0.6 is 11.8 Å². The Kier molecular flexibility index (Phi) is 12.2. The molecule has 12 heteroatoms. The molecule has 1 aromatic heterocycles. The maximum atomic E-state index is 14.5. The number of hydrogen-bond acceptors (Lipinski definition) is 5. The number of aromatic nitrogens is 1. The van der Waals surface area contributed by atoms with Crippen LogP contribution in [0.5, 0.6) is 0 Å². The highest BCUT2D eigenvalue weighted by molar-refractivity contribution is 7.98. The van der Waals surface area contributed by atoms with Crippen LogP contribution in [0.4, 0.5) is 26.3 Å². The number of carbonyl (C=O) groups is 1. The molecule has 0 bridgehead atoms. The van der Waals surface area contributed by atoms with Gasteiger partial charge in [0.25, 0.3) is 5.91 Å². The van der Waals surface area contributed by atoms with Crippen LogP contribution in [0.2, 0.25) is 0 Å². The molecule has 0 aliphatic carbocycles. The molecule has 2 fully saturated rings. The third kappa shape index (κ3) is 8.63. The Morgan fingerprint density at radius 3 is 2.20 bits per heavy atom. The van der Waals surface area contributed by atoms with E-state index in [4.69, 9.17) is 4.98 Å². The highest BCUT2D eigenvalue weighted by Gasteiger charge is 2.42. The summed E-state index contributed by atoms with van der Waals surface area (Å²) >= 11 is 1.40. The van der Waals surface area contributed by atoms with Crippen molar-refractivity contribution in [3.05, 3.63) is 95.1 Å². The average molecular weight is 717 g/mol. The number of rotatable bonds is 8. The molecule has 1 amide bonds. The number of pyridine rings is 1. The van der Waals surface area contributed by atoms with Crippen LogP contribution in [0, 0.1) is 0 Å². The molecule has 1 N–H and O–H groups in total. The van der Waals surface area contributed by atoms with Gasteiger partial charge in [-0.1, -0.05) is 56.3 Å². The third-order valence-corrected chi connectivity index (χ3v) is 10.0. The summed E-state index contributed by atoms with van der Waals surface area (Å²) in [6.45, 7) is 7.59. The fourth-order valence-electron chi connectivity index (χ4n) is 6.88. The van der Waals surface area contributed by atoms with E-state index < -0.39 is 29.9 Å².